The summed E-state index contributed by atoms with van der Waals surface area (Å²) < 4.78 is 0. The molecular formula is C25H27N5O2S. The van der Waals surface area contributed by atoms with Crippen LogP contribution in [0.1, 0.15) is 44.1 Å². The number of fused-ring (bicyclic) bond motifs is 1. The number of nitrogens with one attached hydrogen (secondary N) is 1. The van der Waals surface area contributed by atoms with E-state index in [4.69, 9.17) is 5.73 Å². The molecule has 0 saturated heterocycles. The Morgan fingerprint density at radius 1 is 1.21 bits per heavy atom. The molecule has 2 aromatic heterocycles. The summed E-state index contributed by atoms with van der Waals surface area (Å²) >= 11 is 1.60. The van der Waals surface area contributed by atoms with Crippen molar-refractivity contribution >= 4 is 29.1 Å². The first kappa shape index (κ1) is 22.7. The topological polar surface area (TPSA) is 101 Å². The normalized spacial score (nSPS) is 12.6. The van der Waals surface area contributed by atoms with Crippen LogP contribution in [0.2, 0.25) is 0 Å². The average molecular weight is 462 g/mol. The van der Waals surface area contributed by atoms with E-state index in [1.54, 1.807) is 35.5 Å². The number of nitrogen functional groups attached to an aromatic ring is 1. The molecule has 0 saturated carbocycles. The van der Waals surface area contributed by atoms with Gasteiger partial charge in [0.15, 0.2) is 0 Å². The van der Waals surface area contributed by atoms with E-state index >= 15 is 0 Å². The van der Waals surface area contributed by atoms with E-state index in [0.717, 1.165) is 34.4 Å². The van der Waals surface area contributed by atoms with Gasteiger partial charge in [-0.15, -0.1) is 11.3 Å². The molecule has 1 aromatic carbocycles. The van der Waals surface area contributed by atoms with Crippen LogP contribution in [-0.4, -0.2) is 33.7 Å². The van der Waals surface area contributed by atoms with Crippen LogP contribution >= 0.6 is 11.3 Å². The Labute approximate surface area is 197 Å². The molecule has 0 bridgehead atoms. The molecule has 0 unspecified atom stereocenters. The standard InChI is InChI=1S/C25H27N5O2S/c1-3-23(31)30(2)15-19-12-16(20-10-11-27-25(26)29-20)8-9-18(19)14-28-24(32)22-13-17-6-4-5-7-21(17)33-22/h3,8-13H,1,4-7,14-15H2,2H3,(H,28,32)(H2,26,27,29). The number of likely N-dealkylation sites (N-methyl/N-ethyl adjacent to an activating group) is 1. The maximum Gasteiger partial charge on any atom is 0.261 e. The molecular weight excluding hydrogens is 434 g/mol. The van der Waals surface area contributed by atoms with Crippen LogP contribution in [0.3, 0.4) is 0 Å². The Bertz CT molecular complexity index is 1180. The number of carbonyl (C=O) groups is 2. The van der Waals surface area contributed by atoms with Crippen molar-refractivity contribution in [2.45, 2.75) is 38.8 Å². The second kappa shape index (κ2) is 9.95. The molecule has 1 aliphatic rings. The highest BCUT2D eigenvalue weighted by Gasteiger charge is 2.18. The second-order valence-corrected chi connectivity index (χ2v) is 9.27. The Hall–Kier alpha value is -3.52. The zero-order valence-corrected chi connectivity index (χ0v) is 19.5. The quantitative estimate of drug-likeness (QED) is 0.522. The molecule has 0 atom stereocenters. The van der Waals surface area contributed by atoms with Gasteiger partial charge in [0.25, 0.3) is 5.91 Å². The number of nitrogens with zero attached hydrogens (tertiary/aromatic N) is 3. The molecule has 8 heteroatoms. The summed E-state index contributed by atoms with van der Waals surface area (Å²) in [5, 5.41) is 3.05. The summed E-state index contributed by atoms with van der Waals surface area (Å²) in [7, 11) is 1.72. The van der Waals surface area contributed by atoms with Gasteiger partial charge >= 0.3 is 0 Å². The zero-order chi connectivity index (χ0) is 23.4. The van der Waals surface area contributed by atoms with Crippen LogP contribution in [0.4, 0.5) is 5.95 Å². The van der Waals surface area contributed by atoms with Crippen molar-refractivity contribution in [1.29, 1.82) is 0 Å². The Morgan fingerprint density at radius 3 is 2.79 bits per heavy atom. The molecule has 0 aliphatic heterocycles. The second-order valence-electron chi connectivity index (χ2n) is 8.13. The molecule has 170 valence electrons. The van der Waals surface area contributed by atoms with Gasteiger partial charge in [0, 0.05) is 36.8 Å². The van der Waals surface area contributed by atoms with E-state index in [0.29, 0.717) is 18.8 Å². The summed E-state index contributed by atoms with van der Waals surface area (Å²) in [4.78, 5) is 36.8. The molecule has 1 aliphatic carbocycles. The Kier molecular flexibility index (Phi) is 6.84. The van der Waals surface area contributed by atoms with Crippen LogP contribution in [0.5, 0.6) is 0 Å². The highest BCUT2D eigenvalue weighted by atomic mass is 32.1. The number of anilines is 1. The van der Waals surface area contributed by atoms with E-state index in [1.807, 2.05) is 24.3 Å². The predicted octanol–water partition coefficient (Wildman–Crippen LogP) is 3.74. The van der Waals surface area contributed by atoms with Crippen molar-refractivity contribution in [2.24, 2.45) is 0 Å². The maximum absolute atomic E-state index is 12.8. The molecule has 0 fully saturated rings. The maximum atomic E-state index is 12.8. The fourth-order valence-electron chi connectivity index (χ4n) is 3.99. The average Bonchev–Trinajstić information content (AvgIpc) is 3.27. The van der Waals surface area contributed by atoms with Gasteiger partial charge in [-0.25, -0.2) is 9.97 Å². The van der Waals surface area contributed by atoms with Crippen molar-refractivity contribution < 1.29 is 9.59 Å². The summed E-state index contributed by atoms with van der Waals surface area (Å²) in [6.45, 7) is 4.30. The fraction of sp³-hybridized carbons (Fsp3) is 0.280. The summed E-state index contributed by atoms with van der Waals surface area (Å²) in [5.41, 5.74) is 10.5. The smallest absolute Gasteiger partial charge is 0.261 e. The SMILES string of the molecule is C=CC(=O)N(C)Cc1cc(-c2ccnc(N)n2)ccc1CNC(=O)c1cc2c(s1)CCCC2. The fourth-order valence-corrected chi connectivity index (χ4v) is 5.16. The molecule has 2 amide bonds. The minimum Gasteiger partial charge on any atom is -0.368 e. The van der Waals surface area contributed by atoms with Gasteiger partial charge in [0.05, 0.1) is 10.6 Å². The number of thiophene rings is 1. The van der Waals surface area contributed by atoms with Crippen molar-refractivity contribution in [2.75, 3.05) is 12.8 Å². The van der Waals surface area contributed by atoms with Crippen LogP contribution in [0.25, 0.3) is 11.3 Å². The number of rotatable bonds is 7. The summed E-state index contributed by atoms with van der Waals surface area (Å²) in [5.74, 6) is -0.0441. The number of hydrogen-bond acceptors (Lipinski definition) is 6. The van der Waals surface area contributed by atoms with Crippen LogP contribution < -0.4 is 11.1 Å². The van der Waals surface area contributed by atoms with Crippen molar-refractivity contribution in [1.82, 2.24) is 20.2 Å². The number of nitrogens with two attached hydrogens (primary N) is 1. The molecule has 7 nitrogen and oxygen atoms in total. The van der Waals surface area contributed by atoms with Crippen molar-refractivity contribution in [3.63, 3.8) is 0 Å². The molecule has 0 spiro atoms. The Morgan fingerprint density at radius 2 is 2.03 bits per heavy atom. The van der Waals surface area contributed by atoms with Crippen LogP contribution in [0, 0.1) is 0 Å². The van der Waals surface area contributed by atoms with E-state index in [1.165, 1.54) is 29.4 Å². The highest BCUT2D eigenvalue weighted by Crippen LogP contribution is 2.30. The number of amides is 2. The van der Waals surface area contributed by atoms with Crippen LogP contribution in [-0.2, 0) is 30.7 Å². The number of hydrogen-bond donors (Lipinski definition) is 2. The van der Waals surface area contributed by atoms with Crippen molar-refractivity contribution in [3.8, 4) is 11.3 Å². The van der Waals surface area contributed by atoms with Gasteiger partial charge in [-0.2, -0.15) is 0 Å². The summed E-state index contributed by atoms with van der Waals surface area (Å²) in [6, 6.07) is 9.68. The minimum atomic E-state index is -0.175. The highest BCUT2D eigenvalue weighted by molar-refractivity contribution is 7.14. The molecule has 3 N–H and O–H groups in total. The van der Waals surface area contributed by atoms with Gasteiger partial charge in [-0.05, 0) is 66.6 Å². The van der Waals surface area contributed by atoms with Gasteiger partial charge in [0.2, 0.25) is 11.9 Å². The van der Waals surface area contributed by atoms with Crippen LogP contribution in [0.15, 0.2) is 49.2 Å². The molecule has 3 aromatic rings. The predicted molar refractivity (Wildman–Crippen MR) is 131 cm³/mol. The third-order valence-electron chi connectivity index (χ3n) is 5.79. The molecule has 0 radical (unpaired) electrons. The first-order valence-corrected chi connectivity index (χ1v) is 11.7. The number of aromatic nitrogens is 2. The van der Waals surface area contributed by atoms with Gasteiger partial charge < -0.3 is 16.0 Å². The first-order valence-electron chi connectivity index (χ1n) is 10.9. The monoisotopic (exact) mass is 461 g/mol. The molecule has 33 heavy (non-hydrogen) atoms. The summed E-state index contributed by atoms with van der Waals surface area (Å²) in [6.07, 6.45) is 7.40. The van der Waals surface area contributed by atoms with Gasteiger partial charge in [-0.1, -0.05) is 18.7 Å². The number of aryl methyl sites for hydroxylation is 2. The van der Waals surface area contributed by atoms with Gasteiger partial charge in [0.1, 0.15) is 0 Å². The minimum absolute atomic E-state index is 0.0662. The first-order chi connectivity index (χ1) is 15.9. The van der Waals surface area contributed by atoms with Gasteiger partial charge in [-0.3, -0.25) is 9.59 Å². The van der Waals surface area contributed by atoms with E-state index in [-0.39, 0.29) is 17.8 Å². The zero-order valence-electron chi connectivity index (χ0n) is 18.6. The van der Waals surface area contributed by atoms with Crippen molar-refractivity contribution in [3.05, 3.63) is 75.6 Å². The van der Waals surface area contributed by atoms with E-state index in [2.05, 4.69) is 21.9 Å². The molecule has 2 heterocycles. The lowest BCUT2D eigenvalue weighted by atomic mass is 9.99. The lowest BCUT2D eigenvalue weighted by Gasteiger charge is -2.19. The van der Waals surface area contributed by atoms with E-state index < -0.39 is 0 Å². The largest absolute Gasteiger partial charge is 0.368 e. The number of carbonyl (C=O) groups excluding carboxylic acids is 2. The van der Waals surface area contributed by atoms with E-state index in [9.17, 15) is 9.59 Å². The third kappa shape index (κ3) is 5.28. The number of benzene rings is 1. The lowest BCUT2D eigenvalue weighted by Crippen LogP contribution is -2.26. The third-order valence-corrected chi connectivity index (χ3v) is 7.03. The lowest BCUT2D eigenvalue weighted by molar-refractivity contribution is -0.125. The Balaban J connectivity index is 1.56. The molecule has 4 rings (SSSR count).